The second-order valence-corrected chi connectivity index (χ2v) is 7.28. The maximum Gasteiger partial charge on any atom is 0.257 e. The van der Waals surface area contributed by atoms with Crippen molar-refractivity contribution in [3.63, 3.8) is 0 Å². The maximum atomic E-state index is 13.6. The monoisotopic (exact) mass is 393 g/mol. The number of carbonyl (C=O) groups is 1. The first-order valence-corrected chi connectivity index (χ1v) is 9.21. The van der Waals surface area contributed by atoms with Crippen LogP contribution in [0.15, 0.2) is 46.8 Å². The van der Waals surface area contributed by atoms with E-state index in [9.17, 15) is 13.6 Å². The lowest BCUT2D eigenvalue weighted by atomic mass is 10.2. The normalized spacial score (nSPS) is 10.6. The molecule has 0 unspecified atom stereocenters. The van der Waals surface area contributed by atoms with E-state index < -0.39 is 11.6 Å². The number of halogens is 2. The van der Waals surface area contributed by atoms with Crippen LogP contribution in [0.2, 0.25) is 0 Å². The summed E-state index contributed by atoms with van der Waals surface area (Å²) in [5.74, 6) is -0.693. The summed E-state index contributed by atoms with van der Waals surface area (Å²) in [5, 5.41) is 10.9. The molecule has 0 fully saturated rings. The number of methoxy groups -OCH3 is 1. The van der Waals surface area contributed by atoms with Gasteiger partial charge >= 0.3 is 0 Å². The molecule has 26 heavy (non-hydrogen) atoms. The van der Waals surface area contributed by atoms with Gasteiger partial charge in [0, 0.05) is 17.4 Å². The maximum absolute atomic E-state index is 13.6. The molecule has 0 aliphatic rings. The summed E-state index contributed by atoms with van der Waals surface area (Å²) in [7, 11) is 1.52. The Balaban J connectivity index is 1.61. The van der Waals surface area contributed by atoms with E-state index in [0.717, 1.165) is 6.07 Å². The molecule has 3 rings (SSSR count). The molecular formula is C17H13F2N3O2S2. The Morgan fingerprint density at radius 2 is 2.08 bits per heavy atom. The highest BCUT2D eigenvalue weighted by Crippen LogP contribution is 2.29. The lowest BCUT2D eigenvalue weighted by Gasteiger charge is -2.03. The van der Waals surface area contributed by atoms with Crippen LogP contribution < -0.4 is 10.1 Å². The number of aromatic nitrogens is 2. The highest BCUT2D eigenvalue weighted by Gasteiger charge is 2.12. The number of thioether (sulfide) groups is 1. The number of nitrogens with one attached hydrogen (secondary N) is 1. The first kappa shape index (κ1) is 18.3. The third kappa shape index (κ3) is 4.55. The van der Waals surface area contributed by atoms with Crippen LogP contribution in [-0.4, -0.2) is 23.2 Å². The number of carbonyl (C=O) groups excluding carboxylic acids is 1. The van der Waals surface area contributed by atoms with Crippen molar-refractivity contribution in [2.24, 2.45) is 0 Å². The molecule has 134 valence electrons. The molecule has 1 aromatic heterocycles. The van der Waals surface area contributed by atoms with Crippen LogP contribution >= 0.6 is 23.1 Å². The van der Waals surface area contributed by atoms with Crippen LogP contribution in [0.1, 0.15) is 15.9 Å². The zero-order chi connectivity index (χ0) is 18.5. The fourth-order valence-electron chi connectivity index (χ4n) is 2.03. The van der Waals surface area contributed by atoms with Gasteiger partial charge in [0.05, 0.1) is 7.11 Å². The molecule has 0 saturated heterocycles. The molecule has 1 amide bonds. The Hall–Kier alpha value is -2.52. The summed E-state index contributed by atoms with van der Waals surface area (Å²) < 4.78 is 32.2. The standard InChI is InChI=1S/C17H13F2N3O2S2/c1-24-13-4-2-3-10(7-13)15(23)20-16-21-22-17(26-16)25-9-11-5-6-12(18)8-14(11)19/h2-8H,9H2,1H3,(H,20,21,23). The molecule has 5 nitrogen and oxygen atoms in total. The number of hydrogen-bond acceptors (Lipinski definition) is 6. The van der Waals surface area contributed by atoms with Crippen molar-refractivity contribution in [1.82, 2.24) is 10.2 Å². The van der Waals surface area contributed by atoms with Crippen LogP contribution in [0.25, 0.3) is 0 Å². The van der Waals surface area contributed by atoms with Crippen LogP contribution in [0.3, 0.4) is 0 Å². The van der Waals surface area contributed by atoms with Gasteiger partial charge in [0.25, 0.3) is 5.91 Å². The van der Waals surface area contributed by atoms with Gasteiger partial charge in [-0.05, 0) is 29.8 Å². The summed E-state index contributed by atoms with van der Waals surface area (Å²) in [4.78, 5) is 12.2. The molecule has 0 atom stereocenters. The van der Waals surface area contributed by atoms with Crippen molar-refractivity contribution in [1.29, 1.82) is 0 Å². The van der Waals surface area contributed by atoms with Gasteiger partial charge in [-0.3, -0.25) is 10.1 Å². The summed E-state index contributed by atoms with van der Waals surface area (Å²) >= 11 is 2.43. The van der Waals surface area contributed by atoms with Gasteiger partial charge in [0.15, 0.2) is 4.34 Å². The molecular weight excluding hydrogens is 380 g/mol. The number of nitrogens with zero attached hydrogens (tertiary/aromatic N) is 2. The minimum atomic E-state index is -0.616. The molecule has 0 aliphatic carbocycles. The fraction of sp³-hybridized carbons (Fsp3) is 0.118. The number of ether oxygens (including phenoxy) is 1. The van der Waals surface area contributed by atoms with E-state index in [2.05, 4.69) is 15.5 Å². The third-order valence-electron chi connectivity index (χ3n) is 3.33. The molecule has 3 aromatic rings. The van der Waals surface area contributed by atoms with E-state index in [0.29, 0.717) is 26.3 Å². The average molecular weight is 393 g/mol. The Bertz CT molecular complexity index is 934. The Kier molecular flexibility index (Phi) is 5.79. The van der Waals surface area contributed by atoms with Crippen LogP contribution in [0.4, 0.5) is 13.9 Å². The van der Waals surface area contributed by atoms with Crippen molar-refractivity contribution in [2.45, 2.75) is 10.1 Å². The fourth-order valence-corrected chi connectivity index (χ4v) is 3.76. The van der Waals surface area contributed by atoms with E-state index in [1.54, 1.807) is 24.3 Å². The lowest BCUT2D eigenvalue weighted by Crippen LogP contribution is -2.11. The zero-order valence-corrected chi connectivity index (χ0v) is 15.2. The van der Waals surface area contributed by atoms with Gasteiger partial charge in [-0.2, -0.15) is 0 Å². The highest BCUT2D eigenvalue weighted by molar-refractivity contribution is 8.00. The highest BCUT2D eigenvalue weighted by atomic mass is 32.2. The average Bonchev–Trinajstić information content (AvgIpc) is 3.08. The van der Waals surface area contributed by atoms with Crippen molar-refractivity contribution < 1.29 is 18.3 Å². The van der Waals surface area contributed by atoms with E-state index in [4.69, 9.17) is 4.74 Å². The minimum absolute atomic E-state index is 0.282. The van der Waals surface area contributed by atoms with Gasteiger partial charge in [-0.15, -0.1) is 10.2 Å². The molecule has 1 heterocycles. The van der Waals surface area contributed by atoms with E-state index in [1.165, 1.54) is 42.3 Å². The quantitative estimate of drug-likeness (QED) is 0.498. The van der Waals surface area contributed by atoms with Crippen molar-refractivity contribution in [3.05, 3.63) is 65.2 Å². The van der Waals surface area contributed by atoms with Gasteiger partial charge in [-0.1, -0.05) is 35.2 Å². The zero-order valence-electron chi connectivity index (χ0n) is 13.5. The smallest absolute Gasteiger partial charge is 0.257 e. The molecule has 0 radical (unpaired) electrons. The van der Waals surface area contributed by atoms with Gasteiger partial charge in [0.1, 0.15) is 17.4 Å². The number of rotatable bonds is 6. The predicted molar refractivity (Wildman–Crippen MR) is 96.8 cm³/mol. The van der Waals surface area contributed by atoms with Crippen LogP contribution in [0, 0.1) is 11.6 Å². The third-order valence-corrected chi connectivity index (χ3v) is 5.35. The lowest BCUT2D eigenvalue weighted by molar-refractivity contribution is 0.102. The second kappa shape index (κ2) is 8.24. The van der Waals surface area contributed by atoms with Crippen LogP contribution in [-0.2, 0) is 5.75 Å². The summed E-state index contributed by atoms with van der Waals surface area (Å²) in [6, 6.07) is 10.2. The van der Waals surface area contributed by atoms with Crippen molar-refractivity contribution in [2.75, 3.05) is 12.4 Å². The molecule has 2 aromatic carbocycles. The largest absolute Gasteiger partial charge is 0.497 e. The first-order valence-electron chi connectivity index (χ1n) is 7.41. The van der Waals surface area contributed by atoms with Crippen molar-refractivity contribution >= 4 is 34.1 Å². The summed E-state index contributed by atoms with van der Waals surface area (Å²) in [5.41, 5.74) is 0.802. The van der Waals surface area contributed by atoms with Gasteiger partial charge in [0.2, 0.25) is 5.13 Å². The Labute approximate surface area is 156 Å². The van der Waals surface area contributed by atoms with Gasteiger partial charge < -0.3 is 4.74 Å². The molecule has 0 bridgehead atoms. The van der Waals surface area contributed by atoms with Crippen molar-refractivity contribution in [3.8, 4) is 5.75 Å². The number of amides is 1. The molecule has 0 saturated carbocycles. The minimum Gasteiger partial charge on any atom is -0.497 e. The van der Waals surface area contributed by atoms with E-state index in [1.807, 2.05) is 0 Å². The number of benzene rings is 2. The summed E-state index contributed by atoms with van der Waals surface area (Å²) in [6.45, 7) is 0. The molecule has 0 spiro atoms. The molecule has 9 heteroatoms. The van der Waals surface area contributed by atoms with E-state index in [-0.39, 0.29) is 11.7 Å². The van der Waals surface area contributed by atoms with Crippen LogP contribution in [0.5, 0.6) is 5.75 Å². The Morgan fingerprint density at radius 3 is 2.85 bits per heavy atom. The first-order chi connectivity index (χ1) is 12.5. The SMILES string of the molecule is COc1cccc(C(=O)Nc2nnc(SCc3ccc(F)cc3F)s2)c1. The predicted octanol–water partition coefficient (Wildman–Crippen LogP) is 4.37. The Morgan fingerprint density at radius 1 is 1.23 bits per heavy atom. The number of hydrogen-bond donors (Lipinski definition) is 1. The van der Waals surface area contributed by atoms with E-state index >= 15 is 0 Å². The topological polar surface area (TPSA) is 64.1 Å². The molecule has 1 N–H and O–H groups in total. The summed E-state index contributed by atoms with van der Waals surface area (Å²) in [6.07, 6.45) is 0. The number of anilines is 1. The molecule has 0 aliphatic heterocycles. The van der Waals surface area contributed by atoms with Gasteiger partial charge in [-0.25, -0.2) is 8.78 Å². The second-order valence-electron chi connectivity index (χ2n) is 5.08.